The first-order valence-electron chi connectivity index (χ1n) is 8.51. The zero-order valence-electron chi connectivity index (χ0n) is 14.5. The number of hydrogen-bond acceptors (Lipinski definition) is 6. The first kappa shape index (κ1) is 17.8. The summed E-state index contributed by atoms with van der Waals surface area (Å²) in [6.07, 6.45) is 0. The van der Waals surface area contributed by atoms with E-state index in [1.165, 1.54) is 12.1 Å². The minimum absolute atomic E-state index is 0.202. The van der Waals surface area contributed by atoms with Crippen molar-refractivity contribution in [1.82, 2.24) is 15.5 Å². The third-order valence-electron chi connectivity index (χ3n) is 4.16. The maximum Gasteiger partial charge on any atom is 0.243 e. The Morgan fingerprint density at radius 2 is 2.07 bits per heavy atom. The average molecular weight is 390 g/mol. The van der Waals surface area contributed by atoms with Crippen LogP contribution in [0.4, 0.5) is 4.39 Å². The molecule has 0 aliphatic carbocycles. The topological polar surface area (TPSA) is 69.4 Å². The Morgan fingerprint density at radius 1 is 1.22 bits per heavy atom. The summed E-state index contributed by atoms with van der Waals surface area (Å²) < 4.78 is 29.8. The van der Waals surface area contributed by atoms with Gasteiger partial charge < -0.3 is 19.3 Å². The molecule has 2 heterocycles. The fourth-order valence-corrected chi connectivity index (χ4v) is 3.07. The smallest absolute Gasteiger partial charge is 0.243 e. The molecule has 6 nitrogen and oxygen atoms in total. The van der Waals surface area contributed by atoms with Gasteiger partial charge in [0, 0.05) is 12.1 Å². The molecule has 0 fully saturated rings. The summed E-state index contributed by atoms with van der Waals surface area (Å²) in [5.41, 5.74) is 1.51. The Kier molecular flexibility index (Phi) is 4.96. The maximum atomic E-state index is 13.4. The van der Waals surface area contributed by atoms with Crippen LogP contribution < -0.4 is 14.8 Å². The molecule has 4 rings (SSSR count). The van der Waals surface area contributed by atoms with Gasteiger partial charge in [0.05, 0.1) is 11.1 Å². The highest BCUT2D eigenvalue weighted by atomic mass is 35.5. The Hall–Kier alpha value is -2.64. The lowest BCUT2D eigenvalue weighted by atomic mass is 10.1. The molecule has 3 aromatic rings. The Bertz CT molecular complexity index is 963. The van der Waals surface area contributed by atoms with Gasteiger partial charge in [-0.05, 0) is 36.8 Å². The van der Waals surface area contributed by atoms with Gasteiger partial charge in [0.15, 0.2) is 11.5 Å². The number of nitrogens with zero attached hydrogens (tertiary/aromatic N) is 2. The molecule has 1 aliphatic heterocycles. The van der Waals surface area contributed by atoms with E-state index in [9.17, 15) is 4.39 Å². The second-order valence-corrected chi connectivity index (χ2v) is 6.58. The summed E-state index contributed by atoms with van der Waals surface area (Å²) in [6.45, 7) is 3.42. The average Bonchev–Trinajstić information content (AvgIpc) is 3.17. The number of aromatic nitrogens is 2. The number of hydrogen-bond donors (Lipinski definition) is 1. The molecule has 1 atom stereocenters. The standard InChI is InChI=1S/C19H17ClFN3O3/c1-11(19-23-18(24-27-19)13-3-2-4-14(21)9-13)22-10-12-7-15(20)17-16(8-12)25-5-6-26-17/h2-4,7-9,11,22H,5-6,10H2,1H3. The molecular formula is C19H17ClFN3O3. The highest BCUT2D eigenvalue weighted by molar-refractivity contribution is 6.32. The van der Waals surface area contributed by atoms with Crippen molar-refractivity contribution < 1.29 is 18.4 Å². The molecule has 8 heteroatoms. The van der Waals surface area contributed by atoms with E-state index in [1.54, 1.807) is 12.1 Å². The fraction of sp³-hybridized carbons (Fsp3) is 0.263. The number of halogens is 2. The van der Waals surface area contributed by atoms with Gasteiger partial charge >= 0.3 is 0 Å². The van der Waals surface area contributed by atoms with Gasteiger partial charge in [-0.15, -0.1) is 0 Å². The molecule has 140 valence electrons. The van der Waals surface area contributed by atoms with Crippen LogP contribution in [0, 0.1) is 5.82 Å². The quantitative estimate of drug-likeness (QED) is 0.707. The molecule has 0 saturated carbocycles. The molecule has 0 spiro atoms. The minimum atomic E-state index is -0.347. The van der Waals surface area contributed by atoms with Crippen LogP contribution in [-0.2, 0) is 6.54 Å². The number of ether oxygens (including phenoxy) is 2. The van der Waals surface area contributed by atoms with Crippen molar-refractivity contribution in [3.63, 3.8) is 0 Å². The van der Waals surface area contributed by atoms with Crippen molar-refractivity contribution in [2.75, 3.05) is 13.2 Å². The van der Waals surface area contributed by atoms with E-state index in [2.05, 4.69) is 15.5 Å². The summed E-state index contributed by atoms with van der Waals surface area (Å²) in [4.78, 5) is 4.34. The van der Waals surface area contributed by atoms with Crippen molar-refractivity contribution >= 4 is 11.6 Å². The molecule has 0 amide bonds. The molecule has 1 aromatic heterocycles. The van der Waals surface area contributed by atoms with Gasteiger partial charge in [-0.3, -0.25) is 0 Å². The van der Waals surface area contributed by atoms with E-state index in [0.717, 1.165) is 5.56 Å². The summed E-state index contributed by atoms with van der Waals surface area (Å²) in [7, 11) is 0. The normalized spacial score (nSPS) is 14.2. The van der Waals surface area contributed by atoms with Crippen LogP contribution in [-0.4, -0.2) is 23.4 Å². The highest BCUT2D eigenvalue weighted by Crippen LogP contribution is 2.38. The van der Waals surface area contributed by atoms with Crippen LogP contribution in [0.3, 0.4) is 0 Å². The number of rotatable bonds is 5. The first-order valence-corrected chi connectivity index (χ1v) is 8.89. The molecule has 1 aliphatic rings. The van der Waals surface area contributed by atoms with E-state index in [-0.39, 0.29) is 11.9 Å². The molecule has 27 heavy (non-hydrogen) atoms. The zero-order valence-corrected chi connectivity index (χ0v) is 15.3. The van der Waals surface area contributed by atoms with Crippen molar-refractivity contribution in [2.24, 2.45) is 0 Å². The van der Waals surface area contributed by atoms with Crippen LogP contribution in [0.2, 0.25) is 5.02 Å². The van der Waals surface area contributed by atoms with Crippen molar-refractivity contribution in [3.8, 4) is 22.9 Å². The van der Waals surface area contributed by atoms with Crippen LogP contribution in [0.1, 0.15) is 24.4 Å². The predicted octanol–water partition coefficient (Wildman–Crippen LogP) is 4.15. The largest absolute Gasteiger partial charge is 0.486 e. The summed E-state index contributed by atoms with van der Waals surface area (Å²) in [5, 5.41) is 7.74. The molecule has 2 aromatic carbocycles. The van der Waals surface area contributed by atoms with Crippen LogP contribution in [0.25, 0.3) is 11.4 Å². The molecule has 1 N–H and O–H groups in total. The van der Waals surface area contributed by atoms with E-state index in [1.807, 2.05) is 19.1 Å². The third kappa shape index (κ3) is 3.89. The Morgan fingerprint density at radius 3 is 2.93 bits per heavy atom. The van der Waals surface area contributed by atoms with Gasteiger partial charge in [-0.2, -0.15) is 4.98 Å². The van der Waals surface area contributed by atoms with E-state index in [4.69, 9.17) is 25.6 Å². The van der Waals surface area contributed by atoms with Crippen molar-refractivity contribution in [2.45, 2.75) is 19.5 Å². The third-order valence-corrected chi connectivity index (χ3v) is 4.44. The minimum Gasteiger partial charge on any atom is -0.486 e. The van der Waals surface area contributed by atoms with Crippen LogP contribution >= 0.6 is 11.6 Å². The van der Waals surface area contributed by atoms with E-state index in [0.29, 0.717) is 53.6 Å². The molecule has 1 unspecified atom stereocenters. The lowest BCUT2D eigenvalue weighted by Crippen LogP contribution is -2.19. The zero-order chi connectivity index (χ0) is 18.8. The lowest BCUT2D eigenvalue weighted by Gasteiger charge is -2.20. The number of nitrogens with one attached hydrogen (secondary N) is 1. The maximum absolute atomic E-state index is 13.4. The highest BCUT2D eigenvalue weighted by Gasteiger charge is 2.18. The number of fused-ring (bicyclic) bond motifs is 1. The van der Waals surface area contributed by atoms with E-state index >= 15 is 0 Å². The first-order chi connectivity index (χ1) is 13.1. The Balaban J connectivity index is 1.44. The lowest BCUT2D eigenvalue weighted by molar-refractivity contribution is 0.171. The van der Waals surface area contributed by atoms with Gasteiger partial charge in [0.25, 0.3) is 0 Å². The summed E-state index contributed by atoms with van der Waals surface area (Å²) in [6, 6.07) is 9.59. The van der Waals surface area contributed by atoms with Gasteiger partial charge in [-0.25, -0.2) is 4.39 Å². The van der Waals surface area contributed by atoms with Gasteiger partial charge in [0.1, 0.15) is 19.0 Å². The van der Waals surface area contributed by atoms with E-state index < -0.39 is 0 Å². The van der Waals surface area contributed by atoms with Crippen LogP contribution in [0.15, 0.2) is 40.9 Å². The van der Waals surface area contributed by atoms with Crippen molar-refractivity contribution in [1.29, 1.82) is 0 Å². The molecule has 0 radical (unpaired) electrons. The second-order valence-electron chi connectivity index (χ2n) is 6.17. The van der Waals surface area contributed by atoms with Gasteiger partial charge in [0.2, 0.25) is 11.7 Å². The van der Waals surface area contributed by atoms with Crippen molar-refractivity contribution in [3.05, 3.63) is 58.7 Å². The predicted molar refractivity (Wildman–Crippen MR) is 97.4 cm³/mol. The fourth-order valence-electron chi connectivity index (χ4n) is 2.78. The Labute approximate surface area is 160 Å². The monoisotopic (exact) mass is 389 g/mol. The summed E-state index contributed by atoms with van der Waals surface area (Å²) >= 11 is 6.26. The molecular weight excluding hydrogens is 373 g/mol. The second kappa shape index (κ2) is 7.54. The number of benzene rings is 2. The molecule has 0 saturated heterocycles. The van der Waals surface area contributed by atoms with Crippen LogP contribution in [0.5, 0.6) is 11.5 Å². The van der Waals surface area contributed by atoms with Gasteiger partial charge in [-0.1, -0.05) is 28.9 Å². The summed E-state index contributed by atoms with van der Waals surface area (Å²) in [5.74, 6) is 1.64. The molecule has 0 bridgehead atoms. The SMILES string of the molecule is CC(NCc1cc(Cl)c2c(c1)OCCO2)c1nc(-c2cccc(F)c2)no1.